The van der Waals surface area contributed by atoms with Crippen LogP contribution in [0, 0.1) is 29.9 Å². The molecule has 10 aromatic rings. The first-order chi connectivity index (χ1) is 37.4. The second-order valence-corrected chi connectivity index (χ2v) is 24.2. The van der Waals surface area contributed by atoms with Crippen molar-refractivity contribution in [2.75, 3.05) is 0 Å². The first-order valence-corrected chi connectivity index (χ1v) is 29.0. The van der Waals surface area contributed by atoms with Crippen molar-refractivity contribution in [1.82, 2.24) is 9.97 Å². The van der Waals surface area contributed by atoms with Crippen LogP contribution in [0.25, 0.3) is 86.5 Å². The zero-order valence-corrected chi connectivity index (χ0v) is 51.6. The molecule has 0 fully saturated rings. The normalized spacial score (nSPS) is 12.0. The van der Waals surface area contributed by atoms with Gasteiger partial charge >= 0.3 is 0 Å². The van der Waals surface area contributed by atoms with Crippen LogP contribution in [-0.4, -0.2) is 20.9 Å². The average molecular weight is 1240 g/mol. The van der Waals surface area contributed by atoms with Gasteiger partial charge in [-0.25, -0.2) is 0 Å². The third kappa shape index (κ3) is 14.3. The van der Waals surface area contributed by atoms with E-state index in [0.717, 1.165) is 71.0 Å². The largest absolute Gasteiger partial charge is 0.512 e. The summed E-state index contributed by atoms with van der Waals surface area (Å²) in [6.45, 7) is 26.3. The molecule has 7 aromatic carbocycles. The minimum absolute atomic E-state index is 0. The molecule has 6 heteroatoms. The zero-order chi connectivity index (χ0) is 55.7. The minimum atomic E-state index is 0. The molecule has 0 unspecified atom stereocenters. The molecule has 0 spiro atoms. The van der Waals surface area contributed by atoms with Gasteiger partial charge in [0.15, 0.2) is 5.78 Å². The van der Waals surface area contributed by atoms with Gasteiger partial charge in [-0.1, -0.05) is 220 Å². The summed E-state index contributed by atoms with van der Waals surface area (Å²) in [4.78, 5) is 21.3. The summed E-state index contributed by atoms with van der Waals surface area (Å²) in [5.41, 5.74) is 13.1. The Labute approximate surface area is 488 Å². The van der Waals surface area contributed by atoms with E-state index in [1.54, 1.807) is 0 Å². The van der Waals surface area contributed by atoms with Crippen LogP contribution in [0.1, 0.15) is 125 Å². The molecule has 0 atom stereocenters. The number of carbonyl (C=O) groups is 1. The summed E-state index contributed by atoms with van der Waals surface area (Å²) in [6.07, 6.45) is 9.86. The predicted octanol–water partition coefficient (Wildman–Crippen LogP) is 20.8. The summed E-state index contributed by atoms with van der Waals surface area (Å²) >= 11 is 1.89. The van der Waals surface area contributed by atoms with Crippen molar-refractivity contribution >= 4 is 58.8 Å². The van der Waals surface area contributed by atoms with E-state index in [1.165, 1.54) is 70.4 Å². The van der Waals surface area contributed by atoms with Gasteiger partial charge in [0.25, 0.3) is 0 Å². The maximum atomic E-state index is 11.7. The summed E-state index contributed by atoms with van der Waals surface area (Å²) in [7, 11) is 0. The summed E-state index contributed by atoms with van der Waals surface area (Å²) < 4.78 is 2.66. The van der Waals surface area contributed by atoms with E-state index >= 15 is 0 Å². The smallest absolute Gasteiger partial charge is 0.162 e. The number of aliphatic hydroxyl groups is 1. The van der Waals surface area contributed by atoms with Crippen LogP contribution in [0.2, 0.25) is 0 Å². The van der Waals surface area contributed by atoms with E-state index in [2.05, 4.69) is 213 Å². The maximum Gasteiger partial charge on any atom is 0.162 e. The van der Waals surface area contributed by atoms with E-state index in [4.69, 9.17) is 9.97 Å². The molecule has 0 saturated heterocycles. The Morgan fingerprint density at radius 1 is 0.544 bits per heavy atom. The first kappa shape index (κ1) is 60.1. The van der Waals surface area contributed by atoms with Crippen LogP contribution < -0.4 is 0 Å². The van der Waals surface area contributed by atoms with Gasteiger partial charge in [-0.3, -0.25) is 14.8 Å². The molecule has 79 heavy (non-hydrogen) atoms. The van der Waals surface area contributed by atoms with Gasteiger partial charge in [0.05, 0.1) is 5.76 Å². The molecule has 3 aromatic heterocycles. The Morgan fingerprint density at radius 3 is 1.61 bits per heavy atom. The van der Waals surface area contributed by atoms with Crippen molar-refractivity contribution in [1.29, 1.82) is 0 Å². The topological polar surface area (TPSA) is 63.1 Å². The van der Waals surface area contributed by atoms with E-state index < -0.39 is 0 Å². The van der Waals surface area contributed by atoms with Gasteiger partial charge in [-0.05, 0) is 94.2 Å². The third-order valence-corrected chi connectivity index (χ3v) is 16.3. The number of rotatable bonds is 13. The van der Waals surface area contributed by atoms with Crippen molar-refractivity contribution in [3.8, 4) is 44.8 Å². The molecule has 1 N–H and O–H groups in total. The fourth-order valence-electron chi connectivity index (χ4n) is 10.6. The molecule has 1 radical (unpaired) electrons. The Morgan fingerprint density at radius 2 is 1.04 bits per heavy atom. The van der Waals surface area contributed by atoms with Crippen LogP contribution in [-0.2, 0) is 42.2 Å². The molecule has 0 aliphatic carbocycles. The summed E-state index contributed by atoms with van der Waals surface area (Å²) in [5.74, 6) is 1.18. The molecule has 4 nitrogen and oxygen atoms in total. The number of hydrogen-bond acceptors (Lipinski definition) is 5. The predicted molar refractivity (Wildman–Crippen MR) is 336 cm³/mol. The Kier molecular flexibility index (Phi) is 20.2. The number of fused-ring (bicyclic) bond motifs is 5. The van der Waals surface area contributed by atoms with Crippen LogP contribution >= 0.6 is 11.3 Å². The van der Waals surface area contributed by atoms with Gasteiger partial charge in [-0.15, -0.1) is 69.6 Å². The van der Waals surface area contributed by atoms with Crippen LogP contribution in [0.15, 0.2) is 176 Å². The SMILES string of the molecule is CC(C)(C)c1cc(-c2cc(-c3ccc(-c4ccccc4)cc3)ccn2)[c-]c2ccccc12.CC(C)Cc1cccc2c1sc1c(-c3[c-]c4ccccc4c(C(C)(C)C)c3)nccc12.CCC(CC)C(=O)/C=C(\O)C(CC)CC.[Ir]. The molecule has 0 aliphatic heterocycles. The second kappa shape index (κ2) is 26.6. The molecule has 3 heterocycles. The second-order valence-electron chi connectivity index (χ2n) is 23.2. The first-order valence-electron chi connectivity index (χ1n) is 28.2. The molecule has 0 aliphatic rings. The number of ketones is 1. The standard InChI is InChI=1S/C31H26N.C29H28NS.C13H24O2.Ir/c1-31(2,3)29-20-27(19-26-11-7-8-12-28(26)29)30-21-25(17-18-32-30)24-15-13-23(14-16-24)22-9-5-4-6-10-22;1-18(2)15-20-10-8-12-23-24-13-14-30-26(28(24)31-27(20)23)21-16-19-9-6-7-11-22(19)25(17-21)29(3,4)5;1-5-10(6-2)12(14)9-13(15)11(7-3)8-4;/h4-18,20-21H,1-3H3;6-14,17-18H,15H2,1-5H3;9-11,14H,5-8H2,1-4H3;/q2*-1;;/b;;12-9-;. The van der Waals surface area contributed by atoms with Gasteiger partial charge < -0.3 is 5.11 Å². The van der Waals surface area contributed by atoms with Gasteiger partial charge in [0.1, 0.15) is 0 Å². The molecule has 10 rings (SSSR count). The fraction of sp³-hybridized carbons (Fsp3) is 0.301. The van der Waals surface area contributed by atoms with Crippen molar-refractivity contribution in [3.05, 3.63) is 205 Å². The number of pyridine rings is 2. The number of benzene rings is 7. The Balaban J connectivity index is 0.000000182. The van der Waals surface area contributed by atoms with Crippen LogP contribution in [0.3, 0.4) is 0 Å². The molecule has 0 amide bonds. The number of thiophene rings is 1. The van der Waals surface area contributed by atoms with Crippen molar-refractivity contribution in [3.63, 3.8) is 0 Å². The third-order valence-electron chi connectivity index (χ3n) is 15.0. The fourth-order valence-corrected chi connectivity index (χ4v) is 11.9. The quantitative estimate of drug-likeness (QED) is 0.0710. The van der Waals surface area contributed by atoms with E-state index in [1.807, 2.05) is 57.5 Å². The minimum Gasteiger partial charge on any atom is -0.512 e. The zero-order valence-electron chi connectivity index (χ0n) is 48.4. The number of aromatic nitrogens is 2. The van der Waals surface area contributed by atoms with E-state index in [0.29, 0.717) is 5.92 Å². The molecule has 409 valence electrons. The monoisotopic (exact) mass is 1240 g/mol. The van der Waals surface area contributed by atoms with Crippen molar-refractivity contribution in [2.24, 2.45) is 17.8 Å². The molecule has 0 saturated carbocycles. The van der Waals surface area contributed by atoms with E-state index in [9.17, 15) is 9.90 Å². The molecule has 0 bridgehead atoms. The number of hydrogen-bond donors (Lipinski definition) is 1. The van der Waals surface area contributed by atoms with Crippen molar-refractivity contribution < 1.29 is 30.0 Å². The molecular weight excluding hydrogens is 1160 g/mol. The number of nitrogens with zero attached hydrogens (tertiary/aromatic N) is 2. The van der Waals surface area contributed by atoms with Gasteiger partial charge in [0, 0.05) is 76.6 Å². The number of aliphatic hydroxyl groups excluding tert-OH is 1. The summed E-state index contributed by atoms with van der Waals surface area (Å²) in [5, 5.41) is 17.2. The van der Waals surface area contributed by atoms with E-state index in [-0.39, 0.29) is 54.3 Å². The van der Waals surface area contributed by atoms with Crippen molar-refractivity contribution in [2.45, 2.75) is 126 Å². The Hall–Kier alpha value is -6.56. The Bertz CT molecular complexity index is 3680. The maximum absolute atomic E-state index is 11.7. The summed E-state index contributed by atoms with van der Waals surface area (Å²) in [6, 6.07) is 61.3. The van der Waals surface area contributed by atoms with Crippen LogP contribution in [0.5, 0.6) is 0 Å². The average Bonchev–Trinajstić information content (AvgIpc) is 3.98. The van der Waals surface area contributed by atoms with Gasteiger partial charge in [0.2, 0.25) is 0 Å². The van der Waals surface area contributed by atoms with Crippen LogP contribution in [0.4, 0.5) is 0 Å². The number of allylic oxidation sites excluding steroid dienone is 2. The number of carbonyl (C=O) groups excluding carboxylic acids is 1. The van der Waals surface area contributed by atoms with Gasteiger partial charge in [-0.2, -0.15) is 0 Å². The molecular formula is C73H78IrN2O2S-2.